The third-order valence-electron chi connectivity index (χ3n) is 11.9. The van der Waals surface area contributed by atoms with E-state index in [9.17, 15) is 0 Å². The van der Waals surface area contributed by atoms with Crippen LogP contribution in [0.3, 0.4) is 0 Å². The second kappa shape index (κ2) is 14.7. The first-order chi connectivity index (χ1) is 28.6. The normalized spacial score (nSPS) is 12.4. The molecular formula is C57H43N. The molecular weight excluding hydrogens is 699 g/mol. The molecule has 276 valence electrons. The number of rotatable bonds is 8. The molecule has 0 spiro atoms. The smallest absolute Gasteiger partial charge is 0.0540 e. The van der Waals surface area contributed by atoms with Gasteiger partial charge in [0.25, 0.3) is 0 Å². The lowest BCUT2D eigenvalue weighted by atomic mass is 9.82. The lowest BCUT2D eigenvalue weighted by Gasteiger charge is -2.31. The zero-order chi connectivity index (χ0) is 39.1. The minimum absolute atomic E-state index is 0.0978. The van der Waals surface area contributed by atoms with E-state index in [1.807, 2.05) is 0 Å². The Kier molecular flexibility index (Phi) is 8.92. The van der Waals surface area contributed by atoms with Crippen molar-refractivity contribution in [2.45, 2.75) is 19.3 Å². The maximum atomic E-state index is 2.47. The molecule has 1 heteroatoms. The van der Waals surface area contributed by atoms with Gasteiger partial charge in [0.15, 0.2) is 0 Å². The van der Waals surface area contributed by atoms with Crippen LogP contribution in [0.25, 0.3) is 66.8 Å². The number of anilines is 3. The van der Waals surface area contributed by atoms with Gasteiger partial charge in [-0.1, -0.05) is 214 Å². The van der Waals surface area contributed by atoms with E-state index in [1.165, 1.54) is 77.9 Å². The summed E-state index contributed by atoms with van der Waals surface area (Å²) in [5, 5.41) is 0. The lowest BCUT2D eigenvalue weighted by Crippen LogP contribution is -2.15. The van der Waals surface area contributed by atoms with Crippen molar-refractivity contribution in [3.8, 4) is 66.8 Å². The Labute approximate surface area is 342 Å². The molecule has 9 aromatic carbocycles. The van der Waals surface area contributed by atoms with Crippen LogP contribution in [0.5, 0.6) is 0 Å². The molecule has 9 aromatic rings. The first-order valence-electron chi connectivity index (χ1n) is 20.2. The van der Waals surface area contributed by atoms with Crippen molar-refractivity contribution in [3.05, 3.63) is 236 Å². The summed E-state index contributed by atoms with van der Waals surface area (Å²) in [6.45, 7) is 4.72. The summed E-state index contributed by atoms with van der Waals surface area (Å²) in [6.07, 6.45) is 0. The number of benzene rings is 9. The highest BCUT2D eigenvalue weighted by Gasteiger charge is 2.37. The van der Waals surface area contributed by atoms with Gasteiger partial charge in [-0.15, -0.1) is 0 Å². The van der Waals surface area contributed by atoms with Crippen LogP contribution in [0, 0.1) is 0 Å². The highest BCUT2D eigenvalue weighted by molar-refractivity contribution is 6.01. The van der Waals surface area contributed by atoms with Gasteiger partial charge in [-0.25, -0.2) is 0 Å². The van der Waals surface area contributed by atoms with Crippen LogP contribution in [0.15, 0.2) is 224 Å². The fourth-order valence-corrected chi connectivity index (χ4v) is 9.06. The van der Waals surface area contributed by atoms with E-state index in [1.54, 1.807) is 0 Å². The monoisotopic (exact) mass is 741 g/mol. The third kappa shape index (κ3) is 6.13. The highest BCUT2D eigenvalue weighted by Crippen LogP contribution is 2.54. The van der Waals surface area contributed by atoms with Gasteiger partial charge >= 0.3 is 0 Å². The van der Waals surface area contributed by atoms with Crippen LogP contribution in [-0.4, -0.2) is 0 Å². The van der Waals surface area contributed by atoms with Crippen molar-refractivity contribution in [3.63, 3.8) is 0 Å². The summed E-state index contributed by atoms with van der Waals surface area (Å²) in [5.41, 5.74) is 20.6. The van der Waals surface area contributed by atoms with Gasteiger partial charge in [0, 0.05) is 22.2 Å². The summed E-state index contributed by atoms with van der Waals surface area (Å²) in [4.78, 5) is 2.47. The van der Waals surface area contributed by atoms with E-state index in [0.717, 1.165) is 17.1 Å². The van der Waals surface area contributed by atoms with Crippen LogP contribution in [0.1, 0.15) is 25.0 Å². The van der Waals surface area contributed by atoms with Gasteiger partial charge in [-0.05, 0) is 91.0 Å². The molecule has 10 rings (SSSR count). The maximum Gasteiger partial charge on any atom is 0.0540 e. The number of hydrogen-bond acceptors (Lipinski definition) is 1. The second-order valence-corrected chi connectivity index (χ2v) is 15.7. The van der Waals surface area contributed by atoms with Crippen LogP contribution in [0.4, 0.5) is 17.1 Å². The number of fused-ring (bicyclic) bond motifs is 3. The van der Waals surface area contributed by atoms with E-state index in [-0.39, 0.29) is 5.41 Å². The van der Waals surface area contributed by atoms with E-state index in [0.29, 0.717) is 0 Å². The van der Waals surface area contributed by atoms with Crippen LogP contribution < -0.4 is 4.90 Å². The summed E-state index contributed by atoms with van der Waals surface area (Å²) >= 11 is 0. The SMILES string of the molecule is CC1(C)c2ccccc2-c2c(-c3ccccc3N(c3ccc(-c4ccc(-c5ccccc5)cc4)cc3)c3ccccc3-c3ccccc3-c3ccccc3)cccc21. The predicted octanol–water partition coefficient (Wildman–Crippen LogP) is 15.8. The number of para-hydroxylation sites is 2. The Morgan fingerprint density at radius 1 is 0.276 bits per heavy atom. The first-order valence-corrected chi connectivity index (χ1v) is 20.2. The van der Waals surface area contributed by atoms with E-state index in [4.69, 9.17) is 0 Å². The van der Waals surface area contributed by atoms with Crippen LogP contribution in [-0.2, 0) is 5.41 Å². The topological polar surface area (TPSA) is 3.24 Å². The molecule has 0 fully saturated rings. The zero-order valence-corrected chi connectivity index (χ0v) is 32.8. The fourth-order valence-electron chi connectivity index (χ4n) is 9.06. The Morgan fingerprint density at radius 2 is 0.672 bits per heavy atom. The summed E-state index contributed by atoms with van der Waals surface area (Å²) in [7, 11) is 0. The lowest BCUT2D eigenvalue weighted by molar-refractivity contribution is 0.660. The van der Waals surface area contributed by atoms with Crippen LogP contribution >= 0.6 is 0 Å². The van der Waals surface area contributed by atoms with E-state index < -0.39 is 0 Å². The predicted molar refractivity (Wildman–Crippen MR) is 246 cm³/mol. The molecule has 1 nitrogen and oxygen atoms in total. The average Bonchev–Trinajstić information content (AvgIpc) is 3.54. The average molecular weight is 742 g/mol. The van der Waals surface area contributed by atoms with Gasteiger partial charge in [-0.2, -0.15) is 0 Å². The Morgan fingerprint density at radius 3 is 1.28 bits per heavy atom. The summed E-state index contributed by atoms with van der Waals surface area (Å²) in [5.74, 6) is 0. The molecule has 0 bridgehead atoms. The molecule has 1 aliphatic carbocycles. The molecule has 0 saturated heterocycles. The standard InChI is InChI=1S/C57H43N/c1-57(2)52-28-14-11-26-51(52)56-50(27-17-29-53(56)57)49-25-13-16-31-55(49)58(45-38-36-43(37-39-45)42-34-32-41(33-35-42)40-18-5-3-6-19-40)54-30-15-12-24-48(54)47-23-10-9-22-46(47)44-20-7-4-8-21-44/h3-39H,1-2H3. The molecule has 0 amide bonds. The van der Waals surface area contributed by atoms with Crippen molar-refractivity contribution in [2.75, 3.05) is 4.90 Å². The molecule has 0 N–H and O–H groups in total. The second-order valence-electron chi connectivity index (χ2n) is 15.7. The molecule has 0 aromatic heterocycles. The van der Waals surface area contributed by atoms with Crippen molar-refractivity contribution < 1.29 is 0 Å². The maximum absolute atomic E-state index is 2.47. The molecule has 0 heterocycles. The molecule has 0 unspecified atom stereocenters. The summed E-state index contributed by atoms with van der Waals surface area (Å²) in [6, 6.07) is 81.8. The quantitative estimate of drug-likeness (QED) is 0.150. The van der Waals surface area contributed by atoms with Crippen LogP contribution in [0.2, 0.25) is 0 Å². The Bertz CT molecular complexity index is 2890. The number of nitrogens with zero attached hydrogens (tertiary/aromatic N) is 1. The highest BCUT2D eigenvalue weighted by atomic mass is 15.1. The number of hydrogen-bond donors (Lipinski definition) is 0. The van der Waals surface area contributed by atoms with Gasteiger partial charge in [0.1, 0.15) is 0 Å². The Hall–Kier alpha value is -7.22. The molecule has 1 aliphatic rings. The molecule has 58 heavy (non-hydrogen) atoms. The third-order valence-corrected chi connectivity index (χ3v) is 11.9. The molecule has 0 atom stereocenters. The van der Waals surface area contributed by atoms with Gasteiger partial charge in [0.05, 0.1) is 11.4 Å². The van der Waals surface area contributed by atoms with E-state index >= 15 is 0 Å². The molecule has 0 aliphatic heterocycles. The fraction of sp³-hybridized carbons (Fsp3) is 0.0526. The zero-order valence-electron chi connectivity index (χ0n) is 32.8. The van der Waals surface area contributed by atoms with E-state index in [2.05, 4.69) is 243 Å². The summed E-state index contributed by atoms with van der Waals surface area (Å²) < 4.78 is 0. The minimum atomic E-state index is -0.0978. The Balaban J connectivity index is 1.16. The largest absolute Gasteiger partial charge is 0.309 e. The van der Waals surface area contributed by atoms with Gasteiger partial charge < -0.3 is 4.90 Å². The van der Waals surface area contributed by atoms with Gasteiger partial charge in [0.2, 0.25) is 0 Å². The van der Waals surface area contributed by atoms with Crippen molar-refractivity contribution in [1.82, 2.24) is 0 Å². The minimum Gasteiger partial charge on any atom is -0.309 e. The van der Waals surface area contributed by atoms with Crippen molar-refractivity contribution >= 4 is 17.1 Å². The first kappa shape index (κ1) is 35.2. The van der Waals surface area contributed by atoms with Crippen molar-refractivity contribution in [2.24, 2.45) is 0 Å². The van der Waals surface area contributed by atoms with Crippen molar-refractivity contribution in [1.29, 1.82) is 0 Å². The molecule has 0 saturated carbocycles. The molecule has 0 radical (unpaired) electrons. The van der Waals surface area contributed by atoms with Gasteiger partial charge in [-0.3, -0.25) is 0 Å².